The van der Waals surface area contributed by atoms with Crippen molar-refractivity contribution in [3.8, 4) is 5.75 Å². The number of rotatable bonds is 3. The van der Waals surface area contributed by atoms with Gasteiger partial charge in [0.2, 0.25) is 0 Å². The summed E-state index contributed by atoms with van der Waals surface area (Å²) < 4.78 is 5.34. The number of ether oxygens (including phenoxy) is 1. The molecule has 2 aromatic rings. The van der Waals surface area contributed by atoms with Gasteiger partial charge in [0.25, 0.3) is 5.91 Å². The standard InChI is InChI=1S/C11H11N3O2/c12-14-11(15)7-16-10-5-1-4-9-8(10)3-2-6-13-9/h1-6H,7,12H2,(H,14,15). The van der Waals surface area contributed by atoms with E-state index >= 15 is 0 Å². The van der Waals surface area contributed by atoms with Gasteiger partial charge >= 0.3 is 0 Å². The quantitative estimate of drug-likeness (QED) is 0.448. The van der Waals surface area contributed by atoms with Gasteiger partial charge in [-0.25, -0.2) is 5.84 Å². The first-order chi connectivity index (χ1) is 7.81. The van der Waals surface area contributed by atoms with Gasteiger partial charge in [-0.2, -0.15) is 0 Å². The molecule has 1 aromatic carbocycles. The number of hydrogen-bond acceptors (Lipinski definition) is 4. The van der Waals surface area contributed by atoms with Crippen LogP contribution in [0.2, 0.25) is 0 Å². The summed E-state index contributed by atoms with van der Waals surface area (Å²) in [5, 5.41) is 0.870. The van der Waals surface area contributed by atoms with Crippen molar-refractivity contribution in [3.63, 3.8) is 0 Å². The molecular weight excluding hydrogens is 206 g/mol. The van der Waals surface area contributed by atoms with Crippen LogP contribution in [0.25, 0.3) is 10.9 Å². The van der Waals surface area contributed by atoms with Crippen LogP contribution in [0.5, 0.6) is 5.75 Å². The number of nitrogens with zero attached hydrogens (tertiary/aromatic N) is 1. The van der Waals surface area contributed by atoms with E-state index in [1.807, 2.05) is 29.7 Å². The van der Waals surface area contributed by atoms with Gasteiger partial charge < -0.3 is 4.74 Å². The number of fused-ring (bicyclic) bond motifs is 1. The third kappa shape index (κ3) is 2.09. The van der Waals surface area contributed by atoms with E-state index in [2.05, 4.69) is 4.98 Å². The predicted octanol–water partition coefficient (Wildman–Crippen LogP) is 0.603. The van der Waals surface area contributed by atoms with E-state index in [1.165, 1.54) is 0 Å². The fourth-order valence-corrected chi connectivity index (χ4v) is 1.39. The maximum Gasteiger partial charge on any atom is 0.271 e. The fourth-order valence-electron chi connectivity index (χ4n) is 1.39. The molecule has 3 N–H and O–H groups in total. The highest BCUT2D eigenvalue weighted by Crippen LogP contribution is 2.23. The molecule has 2 rings (SSSR count). The lowest BCUT2D eigenvalue weighted by Crippen LogP contribution is -2.34. The maximum atomic E-state index is 10.9. The van der Waals surface area contributed by atoms with Crippen LogP contribution in [-0.2, 0) is 4.79 Å². The number of aromatic nitrogens is 1. The lowest BCUT2D eigenvalue weighted by molar-refractivity contribution is -0.123. The molecule has 0 bridgehead atoms. The number of amides is 1. The van der Waals surface area contributed by atoms with Crippen molar-refractivity contribution < 1.29 is 9.53 Å². The van der Waals surface area contributed by atoms with Crippen molar-refractivity contribution >= 4 is 16.8 Å². The Morgan fingerprint density at radius 1 is 1.38 bits per heavy atom. The summed E-state index contributed by atoms with van der Waals surface area (Å²) in [6.07, 6.45) is 1.71. The SMILES string of the molecule is NNC(=O)COc1cccc2ncccc12. The summed E-state index contributed by atoms with van der Waals surface area (Å²) in [5.74, 6) is 5.20. The van der Waals surface area contributed by atoms with Crippen molar-refractivity contribution in [2.24, 2.45) is 5.84 Å². The zero-order chi connectivity index (χ0) is 11.4. The van der Waals surface area contributed by atoms with Crippen LogP contribution in [0.4, 0.5) is 0 Å². The summed E-state index contributed by atoms with van der Waals surface area (Å²) >= 11 is 0. The number of carbonyl (C=O) groups excluding carboxylic acids is 1. The lowest BCUT2D eigenvalue weighted by Gasteiger charge is -2.07. The van der Waals surface area contributed by atoms with Crippen LogP contribution >= 0.6 is 0 Å². The van der Waals surface area contributed by atoms with E-state index < -0.39 is 0 Å². The van der Waals surface area contributed by atoms with Crippen molar-refractivity contribution in [3.05, 3.63) is 36.5 Å². The molecule has 0 aliphatic heterocycles. The Morgan fingerprint density at radius 2 is 2.25 bits per heavy atom. The third-order valence-electron chi connectivity index (χ3n) is 2.13. The van der Waals surface area contributed by atoms with Crippen LogP contribution in [0.3, 0.4) is 0 Å². The van der Waals surface area contributed by atoms with E-state index in [9.17, 15) is 4.79 Å². The van der Waals surface area contributed by atoms with E-state index in [1.54, 1.807) is 12.3 Å². The molecule has 0 spiro atoms. The first kappa shape index (κ1) is 10.4. The first-order valence-corrected chi connectivity index (χ1v) is 4.77. The zero-order valence-electron chi connectivity index (χ0n) is 8.51. The Hall–Kier alpha value is -2.14. The molecule has 0 saturated carbocycles. The molecule has 0 radical (unpaired) electrons. The number of pyridine rings is 1. The smallest absolute Gasteiger partial charge is 0.271 e. The summed E-state index contributed by atoms with van der Waals surface area (Å²) in [4.78, 5) is 15.1. The van der Waals surface area contributed by atoms with Gasteiger partial charge in [-0.15, -0.1) is 0 Å². The summed E-state index contributed by atoms with van der Waals surface area (Å²) in [6.45, 7) is -0.107. The van der Waals surface area contributed by atoms with Crippen molar-refractivity contribution in [2.45, 2.75) is 0 Å². The number of nitrogens with one attached hydrogen (secondary N) is 1. The zero-order valence-corrected chi connectivity index (χ0v) is 8.51. The van der Waals surface area contributed by atoms with Gasteiger partial charge in [-0.05, 0) is 24.3 Å². The molecule has 0 saturated heterocycles. The molecule has 0 fully saturated rings. The average molecular weight is 217 g/mol. The van der Waals surface area contributed by atoms with Crippen molar-refractivity contribution in [2.75, 3.05) is 6.61 Å². The lowest BCUT2D eigenvalue weighted by atomic mass is 10.2. The number of hydrogen-bond donors (Lipinski definition) is 2. The molecule has 5 heteroatoms. The minimum atomic E-state index is -0.374. The number of nitrogens with two attached hydrogens (primary N) is 1. The van der Waals surface area contributed by atoms with Crippen molar-refractivity contribution in [1.82, 2.24) is 10.4 Å². The molecule has 82 valence electrons. The Labute approximate surface area is 92.2 Å². The number of benzene rings is 1. The van der Waals surface area contributed by atoms with Crippen LogP contribution in [0, 0.1) is 0 Å². The van der Waals surface area contributed by atoms with Gasteiger partial charge in [-0.1, -0.05) is 6.07 Å². The topological polar surface area (TPSA) is 77.2 Å². The van der Waals surface area contributed by atoms with E-state index in [0.29, 0.717) is 5.75 Å². The van der Waals surface area contributed by atoms with E-state index in [4.69, 9.17) is 10.6 Å². The van der Waals surface area contributed by atoms with Gasteiger partial charge in [-0.3, -0.25) is 15.2 Å². The highest BCUT2D eigenvalue weighted by atomic mass is 16.5. The largest absolute Gasteiger partial charge is 0.483 e. The average Bonchev–Trinajstić information content (AvgIpc) is 2.35. The number of carbonyl (C=O) groups is 1. The summed E-state index contributed by atoms with van der Waals surface area (Å²) in [7, 11) is 0. The van der Waals surface area contributed by atoms with Crippen LogP contribution in [0.1, 0.15) is 0 Å². The Balaban J connectivity index is 2.27. The van der Waals surface area contributed by atoms with E-state index in [0.717, 1.165) is 10.9 Å². The van der Waals surface area contributed by atoms with Crippen LogP contribution in [0.15, 0.2) is 36.5 Å². The van der Waals surface area contributed by atoms with Crippen LogP contribution < -0.4 is 16.0 Å². The molecule has 1 aromatic heterocycles. The second kappa shape index (κ2) is 4.59. The Morgan fingerprint density at radius 3 is 3.06 bits per heavy atom. The second-order valence-corrected chi connectivity index (χ2v) is 3.18. The molecule has 5 nitrogen and oxygen atoms in total. The monoisotopic (exact) mass is 217 g/mol. The Bertz CT molecular complexity index is 508. The maximum absolute atomic E-state index is 10.9. The molecule has 0 unspecified atom stereocenters. The van der Waals surface area contributed by atoms with Gasteiger partial charge in [0, 0.05) is 11.6 Å². The van der Waals surface area contributed by atoms with Crippen molar-refractivity contribution in [1.29, 1.82) is 0 Å². The van der Waals surface area contributed by atoms with E-state index in [-0.39, 0.29) is 12.5 Å². The summed E-state index contributed by atoms with van der Waals surface area (Å²) in [6, 6.07) is 9.19. The summed E-state index contributed by atoms with van der Waals surface area (Å²) in [5.41, 5.74) is 2.83. The predicted molar refractivity (Wildman–Crippen MR) is 59.6 cm³/mol. The van der Waals surface area contributed by atoms with Gasteiger partial charge in [0.15, 0.2) is 6.61 Å². The minimum absolute atomic E-state index is 0.107. The highest BCUT2D eigenvalue weighted by Gasteiger charge is 2.04. The first-order valence-electron chi connectivity index (χ1n) is 4.77. The minimum Gasteiger partial charge on any atom is -0.483 e. The van der Waals surface area contributed by atoms with Gasteiger partial charge in [0.05, 0.1) is 5.52 Å². The highest BCUT2D eigenvalue weighted by molar-refractivity contribution is 5.85. The fraction of sp³-hybridized carbons (Fsp3) is 0.0909. The second-order valence-electron chi connectivity index (χ2n) is 3.18. The molecule has 16 heavy (non-hydrogen) atoms. The molecule has 1 amide bonds. The molecule has 1 heterocycles. The molecular formula is C11H11N3O2. The van der Waals surface area contributed by atoms with Gasteiger partial charge in [0.1, 0.15) is 5.75 Å². The third-order valence-corrected chi connectivity index (χ3v) is 2.13. The Kier molecular flexibility index (Phi) is 2.98. The van der Waals surface area contributed by atoms with Crippen LogP contribution in [-0.4, -0.2) is 17.5 Å². The molecule has 0 aliphatic carbocycles. The molecule has 0 aliphatic rings. The molecule has 0 atom stereocenters. The normalized spacial score (nSPS) is 10.1. The number of hydrazine groups is 1.